The average Bonchev–Trinajstić information content (AvgIpc) is 2.01. The van der Waals surface area contributed by atoms with Gasteiger partial charge >= 0.3 is 11.9 Å². The molecule has 0 aliphatic carbocycles. The second kappa shape index (κ2) is 3.59. The van der Waals surface area contributed by atoms with E-state index in [-0.39, 0.29) is 6.54 Å². The molecule has 1 rings (SSSR count). The lowest BCUT2D eigenvalue weighted by Gasteiger charge is -2.06. The topological polar surface area (TPSA) is 34.9 Å². The molecule has 72 valence electrons. The van der Waals surface area contributed by atoms with E-state index in [0.29, 0.717) is 0 Å². The molecular formula is C7H7F3N2O. The Morgan fingerprint density at radius 3 is 2.69 bits per heavy atom. The molecule has 0 aliphatic rings. The van der Waals surface area contributed by atoms with Gasteiger partial charge in [-0.2, -0.15) is 13.2 Å². The zero-order valence-corrected chi connectivity index (χ0v) is 6.58. The van der Waals surface area contributed by atoms with E-state index in [9.17, 15) is 18.0 Å². The fraction of sp³-hybridized carbons (Fsp3) is 0.429. The Kier molecular flexibility index (Phi) is 2.69. The third-order valence-corrected chi connectivity index (χ3v) is 1.42. The summed E-state index contributed by atoms with van der Waals surface area (Å²) >= 11 is 0. The van der Waals surface area contributed by atoms with Crippen molar-refractivity contribution in [3.05, 3.63) is 28.9 Å². The smallest absolute Gasteiger partial charge is 0.299 e. The van der Waals surface area contributed by atoms with Crippen LogP contribution in [0, 0.1) is 0 Å². The molecule has 0 atom stereocenters. The predicted molar refractivity (Wildman–Crippen MR) is 39.2 cm³/mol. The largest absolute Gasteiger partial charge is 0.390 e. The van der Waals surface area contributed by atoms with E-state index >= 15 is 0 Å². The van der Waals surface area contributed by atoms with Crippen molar-refractivity contribution in [1.29, 1.82) is 0 Å². The van der Waals surface area contributed by atoms with Crippen LogP contribution in [0.3, 0.4) is 0 Å². The SMILES string of the molecule is O=c1ncccn1CCC(F)(F)F. The number of alkyl halides is 3. The highest BCUT2D eigenvalue weighted by Gasteiger charge is 2.26. The molecule has 0 saturated carbocycles. The first-order valence-corrected chi connectivity index (χ1v) is 3.57. The minimum Gasteiger partial charge on any atom is -0.299 e. The molecule has 0 unspecified atom stereocenters. The van der Waals surface area contributed by atoms with E-state index in [2.05, 4.69) is 4.98 Å². The van der Waals surface area contributed by atoms with Crippen molar-refractivity contribution < 1.29 is 13.2 Å². The van der Waals surface area contributed by atoms with Gasteiger partial charge in [-0.1, -0.05) is 0 Å². The van der Waals surface area contributed by atoms with Gasteiger partial charge < -0.3 is 0 Å². The van der Waals surface area contributed by atoms with Crippen LogP contribution in [-0.4, -0.2) is 15.7 Å². The summed E-state index contributed by atoms with van der Waals surface area (Å²) in [4.78, 5) is 14.1. The van der Waals surface area contributed by atoms with Crippen LogP contribution in [0.4, 0.5) is 13.2 Å². The maximum absolute atomic E-state index is 11.7. The monoisotopic (exact) mass is 192 g/mol. The molecule has 0 radical (unpaired) electrons. The van der Waals surface area contributed by atoms with Gasteiger partial charge in [-0.25, -0.2) is 9.78 Å². The summed E-state index contributed by atoms with van der Waals surface area (Å²) in [6, 6.07) is 1.41. The van der Waals surface area contributed by atoms with Gasteiger partial charge in [-0.05, 0) is 6.07 Å². The molecule has 0 saturated heterocycles. The first-order valence-electron chi connectivity index (χ1n) is 3.57. The molecular weight excluding hydrogens is 185 g/mol. The Morgan fingerprint density at radius 1 is 1.46 bits per heavy atom. The molecule has 0 spiro atoms. The number of aromatic nitrogens is 2. The van der Waals surface area contributed by atoms with Crippen LogP contribution in [0.25, 0.3) is 0 Å². The Morgan fingerprint density at radius 2 is 2.15 bits per heavy atom. The Bertz CT molecular complexity index is 331. The molecule has 0 fully saturated rings. The summed E-state index contributed by atoms with van der Waals surface area (Å²) in [6.45, 7) is -0.379. The van der Waals surface area contributed by atoms with Crippen LogP contribution in [0.2, 0.25) is 0 Å². The van der Waals surface area contributed by atoms with Crippen molar-refractivity contribution in [3.8, 4) is 0 Å². The molecule has 1 aromatic rings. The van der Waals surface area contributed by atoms with E-state index < -0.39 is 18.3 Å². The molecule has 1 aromatic heterocycles. The second-order valence-corrected chi connectivity index (χ2v) is 2.46. The highest BCUT2D eigenvalue weighted by atomic mass is 19.4. The summed E-state index contributed by atoms with van der Waals surface area (Å²) in [5.41, 5.74) is -0.660. The zero-order chi connectivity index (χ0) is 9.90. The van der Waals surface area contributed by atoms with E-state index in [1.54, 1.807) is 0 Å². The first kappa shape index (κ1) is 9.76. The standard InChI is InChI=1S/C7H7F3N2O/c8-7(9,10)2-5-12-4-1-3-11-6(12)13/h1,3-4H,2,5H2. The summed E-state index contributed by atoms with van der Waals surface area (Å²) in [6.07, 6.45) is -2.73. The molecule has 0 N–H and O–H groups in total. The van der Waals surface area contributed by atoms with Gasteiger partial charge in [-0.15, -0.1) is 0 Å². The summed E-state index contributed by atoms with van der Waals surface area (Å²) < 4.78 is 36.1. The maximum atomic E-state index is 11.7. The van der Waals surface area contributed by atoms with Crippen LogP contribution in [0.1, 0.15) is 6.42 Å². The van der Waals surface area contributed by atoms with E-state index in [1.807, 2.05) is 0 Å². The number of aryl methyl sites for hydroxylation is 1. The Hall–Kier alpha value is -1.33. The first-order chi connectivity index (χ1) is 5.99. The molecule has 0 amide bonds. The highest BCUT2D eigenvalue weighted by Crippen LogP contribution is 2.19. The predicted octanol–water partition coefficient (Wildman–Crippen LogP) is 1.20. The van der Waals surface area contributed by atoms with Crippen molar-refractivity contribution in [1.82, 2.24) is 9.55 Å². The molecule has 1 heterocycles. The van der Waals surface area contributed by atoms with Crippen LogP contribution in [0.15, 0.2) is 23.3 Å². The summed E-state index contributed by atoms with van der Waals surface area (Å²) in [5, 5.41) is 0. The number of nitrogens with zero attached hydrogens (tertiary/aromatic N) is 2. The Labute approximate surface area is 71.8 Å². The van der Waals surface area contributed by atoms with Gasteiger partial charge in [0.25, 0.3) is 0 Å². The number of hydrogen-bond donors (Lipinski definition) is 0. The van der Waals surface area contributed by atoms with E-state index in [1.165, 1.54) is 18.5 Å². The normalized spacial score (nSPS) is 11.6. The lowest BCUT2D eigenvalue weighted by atomic mass is 10.4. The minimum absolute atomic E-state index is 0.379. The van der Waals surface area contributed by atoms with Crippen LogP contribution >= 0.6 is 0 Å². The van der Waals surface area contributed by atoms with E-state index in [4.69, 9.17) is 0 Å². The highest BCUT2D eigenvalue weighted by molar-refractivity contribution is 4.80. The third kappa shape index (κ3) is 3.27. The summed E-state index contributed by atoms with van der Waals surface area (Å²) in [7, 11) is 0. The van der Waals surface area contributed by atoms with Crippen LogP contribution < -0.4 is 5.69 Å². The maximum Gasteiger partial charge on any atom is 0.390 e. The van der Waals surface area contributed by atoms with Crippen molar-refractivity contribution in [2.45, 2.75) is 19.1 Å². The second-order valence-electron chi connectivity index (χ2n) is 2.46. The molecule has 3 nitrogen and oxygen atoms in total. The van der Waals surface area contributed by atoms with Gasteiger partial charge in [-0.3, -0.25) is 4.57 Å². The van der Waals surface area contributed by atoms with Gasteiger partial charge in [0.2, 0.25) is 0 Å². The van der Waals surface area contributed by atoms with Crippen molar-refractivity contribution in [2.24, 2.45) is 0 Å². The fourth-order valence-electron chi connectivity index (χ4n) is 0.805. The molecule has 6 heteroatoms. The minimum atomic E-state index is -4.24. The average molecular weight is 192 g/mol. The number of hydrogen-bond acceptors (Lipinski definition) is 2. The van der Waals surface area contributed by atoms with Crippen molar-refractivity contribution >= 4 is 0 Å². The third-order valence-electron chi connectivity index (χ3n) is 1.42. The number of rotatable bonds is 2. The van der Waals surface area contributed by atoms with Crippen LogP contribution in [-0.2, 0) is 6.54 Å². The Balaban J connectivity index is 2.66. The van der Waals surface area contributed by atoms with Crippen molar-refractivity contribution in [3.63, 3.8) is 0 Å². The van der Waals surface area contributed by atoms with Crippen molar-refractivity contribution in [2.75, 3.05) is 0 Å². The van der Waals surface area contributed by atoms with Gasteiger partial charge in [0.15, 0.2) is 0 Å². The molecule has 13 heavy (non-hydrogen) atoms. The molecule has 0 aliphatic heterocycles. The van der Waals surface area contributed by atoms with Gasteiger partial charge in [0.1, 0.15) is 0 Å². The molecule has 0 aromatic carbocycles. The van der Waals surface area contributed by atoms with Gasteiger partial charge in [0, 0.05) is 18.9 Å². The lowest BCUT2D eigenvalue weighted by Crippen LogP contribution is -2.24. The zero-order valence-electron chi connectivity index (χ0n) is 6.58. The fourth-order valence-corrected chi connectivity index (χ4v) is 0.805. The van der Waals surface area contributed by atoms with Gasteiger partial charge in [0.05, 0.1) is 6.42 Å². The van der Waals surface area contributed by atoms with Crippen LogP contribution in [0.5, 0.6) is 0 Å². The number of halogens is 3. The van der Waals surface area contributed by atoms with E-state index in [0.717, 1.165) is 4.57 Å². The lowest BCUT2D eigenvalue weighted by molar-refractivity contribution is -0.136. The molecule has 0 bridgehead atoms. The quantitative estimate of drug-likeness (QED) is 0.705. The summed E-state index contributed by atoms with van der Waals surface area (Å²) in [5.74, 6) is 0.